The summed E-state index contributed by atoms with van der Waals surface area (Å²) < 4.78 is 13.8. The maximum atomic E-state index is 13.8. The Morgan fingerprint density at radius 3 is 2.71 bits per heavy atom. The number of nitrogen functional groups attached to an aromatic ring is 1. The molecule has 0 aliphatic carbocycles. The van der Waals surface area contributed by atoms with E-state index in [2.05, 4.69) is 0 Å². The van der Waals surface area contributed by atoms with Gasteiger partial charge in [-0.05, 0) is 42.3 Å². The summed E-state index contributed by atoms with van der Waals surface area (Å²) in [5, 5.41) is 8.81. The summed E-state index contributed by atoms with van der Waals surface area (Å²) >= 11 is 0. The lowest BCUT2D eigenvalue weighted by Gasteiger charge is -2.07. The standard InChI is InChI=1S/C14H11FN2/c1-9-5-13(15)12(7-14(9)17)11-4-2-3-10(6-11)8-16/h2-7H,17H2,1H3. The Morgan fingerprint density at radius 2 is 2.00 bits per heavy atom. The van der Waals surface area contributed by atoms with Gasteiger partial charge in [0.25, 0.3) is 0 Å². The van der Waals surface area contributed by atoms with E-state index in [1.165, 1.54) is 6.07 Å². The average molecular weight is 226 g/mol. The van der Waals surface area contributed by atoms with Crippen LogP contribution in [0.5, 0.6) is 0 Å². The Hall–Kier alpha value is -2.34. The van der Waals surface area contributed by atoms with Gasteiger partial charge in [-0.25, -0.2) is 4.39 Å². The Balaban J connectivity index is 2.61. The largest absolute Gasteiger partial charge is 0.398 e. The highest BCUT2D eigenvalue weighted by molar-refractivity contribution is 5.70. The van der Waals surface area contributed by atoms with E-state index in [0.717, 1.165) is 0 Å². The highest BCUT2D eigenvalue weighted by Gasteiger charge is 2.08. The van der Waals surface area contributed by atoms with Crippen molar-refractivity contribution >= 4 is 5.69 Å². The SMILES string of the molecule is Cc1cc(F)c(-c2cccc(C#N)c2)cc1N. The summed E-state index contributed by atoms with van der Waals surface area (Å²) in [5.41, 5.74) is 8.60. The fourth-order valence-corrected chi connectivity index (χ4v) is 1.67. The predicted molar refractivity (Wildman–Crippen MR) is 65.7 cm³/mol. The van der Waals surface area contributed by atoms with Gasteiger partial charge in [0.1, 0.15) is 5.82 Å². The number of hydrogen-bond donors (Lipinski definition) is 1. The zero-order valence-corrected chi connectivity index (χ0v) is 9.37. The van der Waals surface area contributed by atoms with E-state index in [0.29, 0.717) is 27.9 Å². The van der Waals surface area contributed by atoms with E-state index in [1.807, 2.05) is 6.07 Å². The van der Waals surface area contributed by atoms with Crippen LogP contribution in [-0.4, -0.2) is 0 Å². The fourth-order valence-electron chi connectivity index (χ4n) is 1.67. The summed E-state index contributed by atoms with van der Waals surface area (Å²) in [5.74, 6) is -0.327. The lowest BCUT2D eigenvalue weighted by atomic mass is 10.0. The van der Waals surface area contributed by atoms with Gasteiger partial charge < -0.3 is 5.73 Å². The van der Waals surface area contributed by atoms with Gasteiger partial charge in [0.2, 0.25) is 0 Å². The number of nitrogens with two attached hydrogens (primary N) is 1. The summed E-state index contributed by atoms with van der Waals surface area (Å²) in [6.45, 7) is 1.76. The third-order valence-corrected chi connectivity index (χ3v) is 2.66. The third kappa shape index (κ3) is 2.11. The summed E-state index contributed by atoms with van der Waals surface area (Å²) in [4.78, 5) is 0. The van der Waals surface area contributed by atoms with Gasteiger partial charge in [-0.15, -0.1) is 0 Å². The average Bonchev–Trinajstić information content (AvgIpc) is 2.34. The van der Waals surface area contributed by atoms with Gasteiger partial charge in [0, 0.05) is 11.3 Å². The van der Waals surface area contributed by atoms with Crippen molar-refractivity contribution in [2.75, 3.05) is 5.73 Å². The van der Waals surface area contributed by atoms with Crippen LogP contribution in [0.3, 0.4) is 0 Å². The molecule has 84 valence electrons. The van der Waals surface area contributed by atoms with E-state index in [4.69, 9.17) is 11.0 Å². The minimum atomic E-state index is -0.327. The van der Waals surface area contributed by atoms with Gasteiger partial charge in [-0.2, -0.15) is 5.26 Å². The van der Waals surface area contributed by atoms with Crippen molar-refractivity contribution in [1.82, 2.24) is 0 Å². The second-order valence-corrected chi connectivity index (χ2v) is 3.88. The lowest BCUT2D eigenvalue weighted by Crippen LogP contribution is -1.94. The van der Waals surface area contributed by atoms with Crippen molar-refractivity contribution in [2.45, 2.75) is 6.92 Å². The first kappa shape index (κ1) is 11.2. The molecule has 17 heavy (non-hydrogen) atoms. The fraction of sp³-hybridized carbons (Fsp3) is 0.0714. The monoisotopic (exact) mass is 226 g/mol. The van der Waals surface area contributed by atoms with E-state index in [-0.39, 0.29) is 5.82 Å². The lowest BCUT2D eigenvalue weighted by molar-refractivity contribution is 0.630. The van der Waals surface area contributed by atoms with E-state index in [1.54, 1.807) is 37.3 Å². The van der Waals surface area contributed by atoms with Gasteiger partial charge in [0.15, 0.2) is 0 Å². The number of halogens is 1. The van der Waals surface area contributed by atoms with Crippen LogP contribution < -0.4 is 5.73 Å². The molecule has 2 N–H and O–H groups in total. The molecule has 2 rings (SSSR count). The molecule has 0 heterocycles. The highest BCUT2D eigenvalue weighted by Crippen LogP contribution is 2.27. The Kier molecular flexibility index (Phi) is 2.80. The van der Waals surface area contributed by atoms with Crippen molar-refractivity contribution in [3.8, 4) is 17.2 Å². The molecule has 0 aliphatic rings. The Morgan fingerprint density at radius 1 is 1.24 bits per heavy atom. The van der Waals surface area contributed by atoms with Gasteiger partial charge in [-0.1, -0.05) is 12.1 Å². The number of nitrogens with zero attached hydrogens (tertiary/aromatic N) is 1. The molecule has 2 nitrogen and oxygen atoms in total. The van der Waals surface area contributed by atoms with Crippen LogP contribution in [0.25, 0.3) is 11.1 Å². The van der Waals surface area contributed by atoms with Crippen molar-refractivity contribution < 1.29 is 4.39 Å². The topological polar surface area (TPSA) is 49.8 Å². The second-order valence-electron chi connectivity index (χ2n) is 3.88. The maximum Gasteiger partial charge on any atom is 0.131 e. The summed E-state index contributed by atoms with van der Waals surface area (Å²) in [6.07, 6.45) is 0. The number of nitriles is 1. The minimum Gasteiger partial charge on any atom is -0.398 e. The van der Waals surface area contributed by atoms with E-state index >= 15 is 0 Å². The zero-order chi connectivity index (χ0) is 12.4. The molecule has 0 amide bonds. The molecule has 0 radical (unpaired) electrons. The maximum absolute atomic E-state index is 13.8. The zero-order valence-electron chi connectivity index (χ0n) is 9.37. The Labute approximate surface area is 99.1 Å². The molecule has 0 bridgehead atoms. The number of anilines is 1. The van der Waals surface area contributed by atoms with Crippen LogP contribution in [-0.2, 0) is 0 Å². The van der Waals surface area contributed by atoms with Gasteiger partial charge in [0.05, 0.1) is 11.6 Å². The van der Waals surface area contributed by atoms with E-state index in [9.17, 15) is 4.39 Å². The molecule has 2 aromatic rings. The summed E-state index contributed by atoms with van der Waals surface area (Å²) in [6, 6.07) is 11.8. The van der Waals surface area contributed by atoms with Crippen LogP contribution in [0.2, 0.25) is 0 Å². The molecule has 2 aromatic carbocycles. The van der Waals surface area contributed by atoms with Gasteiger partial charge >= 0.3 is 0 Å². The van der Waals surface area contributed by atoms with Crippen LogP contribution in [0.15, 0.2) is 36.4 Å². The van der Waals surface area contributed by atoms with E-state index < -0.39 is 0 Å². The highest BCUT2D eigenvalue weighted by atomic mass is 19.1. The molecule has 0 atom stereocenters. The first-order valence-corrected chi connectivity index (χ1v) is 5.18. The molecule has 0 saturated heterocycles. The first-order valence-electron chi connectivity index (χ1n) is 5.18. The molecule has 0 unspecified atom stereocenters. The molecule has 0 aromatic heterocycles. The van der Waals surface area contributed by atoms with Crippen molar-refractivity contribution in [2.24, 2.45) is 0 Å². The number of benzene rings is 2. The van der Waals surface area contributed by atoms with Crippen molar-refractivity contribution in [1.29, 1.82) is 5.26 Å². The summed E-state index contributed by atoms with van der Waals surface area (Å²) in [7, 11) is 0. The Bertz CT molecular complexity index is 612. The second kappa shape index (κ2) is 4.26. The molecule has 3 heteroatoms. The molecule has 0 spiro atoms. The van der Waals surface area contributed by atoms with Crippen molar-refractivity contribution in [3.63, 3.8) is 0 Å². The molecular formula is C14H11FN2. The van der Waals surface area contributed by atoms with Crippen LogP contribution in [0.4, 0.5) is 10.1 Å². The normalized spacial score (nSPS) is 9.94. The third-order valence-electron chi connectivity index (χ3n) is 2.66. The smallest absolute Gasteiger partial charge is 0.131 e. The molecule has 0 saturated carbocycles. The molecule has 0 aliphatic heterocycles. The first-order chi connectivity index (χ1) is 8.11. The van der Waals surface area contributed by atoms with Crippen LogP contribution in [0, 0.1) is 24.1 Å². The minimum absolute atomic E-state index is 0.327. The number of rotatable bonds is 1. The van der Waals surface area contributed by atoms with Crippen molar-refractivity contribution in [3.05, 3.63) is 53.3 Å². The number of aryl methyl sites for hydroxylation is 1. The number of hydrogen-bond acceptors (Lipinski definition) is 2. The van der Waals surface area contributed by atoms with Crippen LogP contribution >= 0.6 is 0 Å². The van der Waals surface area contributed by atoms with Gasteiger partial charge in [-0.3, -0.25) is 0 Å². The molecule has 0 fully saturated rings. The predicted octanol–water partition coefficient (Wildman–Crippen LogP) is 3.26. The molecular weight excluding hydrogens is 215 g/mol. The van der Waals surface area contributed by atoms with Crippen LogP contribution in [0.1, 0.15) is 11.1 Å². The quantitative estimate of drug-likeness (QED) is 0.759.